The van der Waals surface area contributed by atoms with E-state index < -0.39 is 10.0 Å². The van der Waals surface area contributed by atoms with Gasteiger partial charge < -0.3 is 9.64 Å². The lowest BCUT2D eigenvalue weighted by Crippen LogP contribution is -2.31. The zero-order chi connectivity index (χ0) is 21.1. The van der Waals surface area contributed by atoms with Gasteiger partial charge in [0.1, 0.15) is 0 Å². The second kappa shape index (κ2) is 8.50. The number of methoxy groups -OCH3 is 1. The first-order valence-corrected chi connectivity index (χ1v) is 11.2. The van der Waals surface area contributed by atoms with Gasteiger partial charge in [0.2, 0.25) is 10.0 Å². The first-order chi connectivity index (χ1) is 14.5. The van der Waals surface area contributed by atoms with Crippen molar-refractivity contribution in [3.8, 4) is 0 Å². The zero-order valence-electron chi connectivity index (χ0n) is 16.6. The Hall–Kier alpha value is -2.82. The third kappa shape index (κ3) is 3.93. The number of likely N-dealkylation sites (tertiary alicyclic amines) is 1. The van der Waals surface area contributed by atoms with E-state index >= 15 is 0 Å². The quantitative estimate of drug-likeness (QED) is 0.572. The van der Waals surface area contributed by atoms with E-state index in [0.29, 0.717) is 12.1 Å². The molecule has 1 fully saturated rings. The van der Waals surface area contributed by atoms with Gasteiger partial charge in [0.05, 0.1) is 17.5 Å². The van der Waals surface area contributed by atoms with Crippen LogP contribution in [0.4, 0.5) is 0 Å². The highest BCUT2D eigenvalue weighted by Gasteiger charge is 2.33. The molecule has 158 valence electrons. The Bertz CT molecular complexity index is 1140. The normalized spacial score (nSPS) is 17.0. The Labute approximate surface area is 174 Å². The van der Waals surface area contributed by atoms with Crippen molar-refractivity contribution < 1.29 is 17.9 Å². The molecular weight excluding hydrogens is 406 g/mol. The number of aromatic nitrogens is 3. The molecule has 10 heteroatoms. The monoisotopic (exact) mass is 429 g/mol. The van der Waals surface area contributed by atoms with Crippen molar-refractivity contribution in [1.82, 2.24) is 24.2 Å². The molecule has 1 N–H and O–H groups in total. The number of rotatable bonds is 7. The Morgan fingerprint density at radius 2 is 2.00 bits per heavy atom. The van der Waals surface area contributed by atoms with Gasteiger partial charge in [0.25, 0.3) is 5.91 Å². The number of amides is 1. The van der Waals surface area contributed by atoms with E-state index in [1.165, 1.54) is 19.2 Å². The number of carbonyl (C=O) groups excluding carboxylic acids is 1. The standard InChI is InChI=1S/C20H23N5O4S/c1-29-14-11-21-30(27,28)16-9-7-15(8-10-16)20(26)24-13-4-5-17(24)19-23-22-18-6-2-3-12-25(18)19/h2-3,6-10,12,17,21H,4-5,11,13-14H2,1H3. The number of sulfonamides is 1. The van der Waals surface area contributed by atoms with Crippen LogP contribution in [0.25, 0.3) is 5.65 Å². The van der Waals surface area contributed by atoms with Crippen molar-refractivity contribution >= 4 is 21.6 Å². The number of carbonyl (C=O) groups is 1. The van der Waals surface area contributed by atoms with Crippen molar-refractivity contribution in [1.29, 1.82) is 0 Å². The van der Waals surface area contributed by atoms with E-state index in [2.05, 4.69) is 14.9 Å². The van der Waals surface area contributed by atoms with E-state index in [0.717, 1.165) is 24.3 Å². The van der Waals surface area contributed by atoms with Crippen molar-refractivity contribution in [2.45, 2.75) is 23.8 Å². The molecule has 1 atom stereocenters. The van der Waals surface area contributed by atoms with Crippen LogP contribution in [0.5, 0.6) is 0 Å². The predicted octanol–water partition coefficient (Wildman–Crippen LogP) is 1.63. The smallest absolute Gasteiger partial charge is 0.254 e. The van der Waals surface area contributed by atoms with Crippen LogP contribution < -0.4 is 4.72 Å². The number of hydrogen-bond acceptors (Lipinski definition) is 6. The number of nitrogens with zero attached hydrogens (tertiary/aromatic N) is 4. The Morgan fingerprint density at radius 1 is 1.20 bits per heavy atom. The van der Waals surface area contributed by atoms with E-state index in [-0.39, 0.29) is 30.0 Å². The van der Waals surface area contributed by atoms with Gasteiger partial charge in [-0.25, -0.2) is 13.1 Å². The van der Waals surface area contributed by atoms with E-state index in [4.69, 9.17) is 4.74 Å². The molecule has 1 amide bonds. The number of benzene rings is 1. The van der Waals surface area contributed by atoms with Crippen LogP contribution in [-0.4, -0.2) is 60.6 Å². The molecule has 1 aromatic carbocycles. The summed E-state index contributed by atoms with van der Waals surface area (Å²) in [4.78, 5) is 15.0. The number of nitrogens with one attached hydrogen (secondary N) is 1. The molecule has 2 aromatic heterocycles. The third-order valence-corrected chi connectivity index (χ3v) is 6.64. The summed E-state index contributed by atoms with van der Waals surface area (Å²) in [7, 11) is -2.14. The number of fused-ring (bicyclic) bond motifs is 1. The van der Waals surface area contributed by atoms with E-state index in [1.807, 2.05) is 28.8 Å². The average molecular weight is 430 g/mol. The summed E-state index contributed by atoms with van der Waals surface area (Å²) >= 11 is 0. The maximum absolute atomic E-state index is 13.1. The molecule has 4 rings (SSSR count). The zero-order valence-corrected chi connectivity index (χ0v) is 17.4. The molecule has 30 heavy (non-hydrogen) atoms. The van der Waals surface area contributed by atoms with Crippen molar-refractivity contribution in [3.05, 3.63) is 60.0 Å². The molecule has 0 radical (unpaired) electrons. The molecule has 0 aliphatic carbocycles. The minimum atomic E-state index is -3.64. The summed E-state index contributed by atoms with van der Waals surface area (Å²) < 4.78 is 33.8. The summed E-state index contributed by atoms with van der Waals surface area (Å²) in [5, 5.41) is 8.50. The Balaban J connectivity index is 1.54. The highest BCUT2D eigenvalue weighted by molar-refractivity contribution is 7.89. The minimum absolute atomic E-state index is 0.108. The van der Waals surface area contributed by atoms with Gasteiger partial charge >= 0.3 is 0 Å². The highest BCUT2D eigenvalue weighted by atomic mass is 32.2. The average Bonchev–Trinajstić information content (AvgIpc) is 3.40. The fourth-order valence-corrected chi connectivity index (χ4v) is 4.68. The van der Waals surface area contributed by atoms with Crippen LogP contribution in [0.2, 0.25) is 0 Å². The first kappa shape index (κ1) is 20.5. The fraction of sp³-hybridized carbons (Fsp3) is 0.350. The first-order valence-electron chi connectivity index (χ1n) is 9.70. The van der Waals surface area contributed by atoms with Gasteiger partial charge in [-0.3, -0.25) is 9.20 Å². The summed E-state index contributed by atoms with van der Waals surface area (Å²) in [5.74, 6) is 0.583. The number of hydrogen-bond donors (Lipinski definition) is 1. The predicted molar refractivity (Wildman–Crippen MR) is 110 cm³/mol. The molecule has 0 spiro atoms. The fourth-order valence-electron chi connectivity index (χ4n) is 3.67. The molecule has 1 aliphatic rings. The number of pyridine rings is 1. The summed E-state index contributed by atoms with van der Waals surface area (Å²) in [6.07, 6.45) is 3.56. The van der Waals surface area contributed by atoms with Gasteiger partial charge in [0.15, 0.2) is 11.5 Å². The number of ether oxygens (including phenoxy) is 1. The van der Waals surface area contributed by atoms with Crippen molar-refractivity contribution in [3.63, 3.8) is 0 Å². The SMILES string of the molecule is COCCNS(=O)(=O)c1ccc(C(=O)N2CCCC2c2nnc3ccccn23)cc1. The molecule has 9 nitrogen and oxygen atoms in total. The van der Waals surface area contributed by atoms with Gasteiger partial charge in [-0.15, -0.1) is 10.2 Å². The van der Waals surface area contributed by atoms with Crippen LogP contribution >= 0.6 is 0 Å². The molecular formula is C20H23N5O4S. The molecule has 0 bridgehead atoms. The lowest BCUT2D eigenvalue weighted by Gasteiger charge is -2.23. The van der Waals surface area contributed by atoms with Crippen LogP contribution in [0.1, 0.15) is 35.1 Å². The molecule has 1 saturated heterocycles. The highest BCUT2D eigenvalue weighted by Crippen LogP contribution is 2.32. The molecule has 3 heterocycles. The van der Waals surface area contributed by atoms with Gasteiger partial charge in [-0.2, -0.15) is 0 Å². The van der Waals surface area contributed by atoms with Crippen molar-refractivity contribution in [2.24, 2.45) is 0 Å². The van der Waals surface area contributed by atoms with Gasteiger partial charge in [-0.1, -0.05) is 6.07 Å². The third-order valence-electron chi connectivity index (χ3n) is 5.16. The Morgan fingerprint density at radius 3 is 2.77 bits per heavy atom. The lowest BCUT2D eigenvalue weighted by molar-refractivity contribution is 0.0729. The minimum Gasteiger partial charge on any atom is -0.383 e. The maximum atomic E-state index is 13.1. The molecule has 3 aromatic rings. The van der Waals surface area contributed by atoms with E-state index in [1.54, 1.807) is 17.0 Å². The van der Waals surface area contributed by atoms with Crippen LogP contribution in [0.3, 0.4) is 0 Å². The second-order valence-electron chi connectivity index (χ2n) is 7.06. The van der Waals surface area contributed by atoms with Gasteiger partial charge in [0, 0.05) is 32.0 Å². The molecule has 1 aliphatic heterocycles. The summed E-state index contributed by atoms with van der Waals surface area (Å²) in [5.41, 5.74) is 1.17. The second-order valence-corrected chi connectivity index (χ2v) is 8.83. The van der Waals surface area contributed by atoms with Crippen LogP contribution in [0.15, 0.2) is 53.6 Å². The van der Waals surface area contributed by atoms with E-state index in [9.17, 15) is 13.2 Å². The van der Waals surface area contributed by atoms with Gasteiger partial charge in [-0.05, 0) is 49.2 Å². The largest absolute Gasteiger partial charge is 0.383 e. The van der Waals surface area contributed by atoms with Crippen LogP contribution in [-0.2, 0) is 14.8 Å². The van der Waals surface area contributed by atoms with Crippen molar-refractivity contribution in [2.75, 3.05) is 26.8 Å². The maximum Gasteiger partial charge on any atom is 0.254 e. The lowest BCUT2D eigenvalue weighted by atomic mass is 10.1. The van der Waals surface area contributed by atoms with Crippen LogP contribution in [0, 0.1) is 0 Å². The topological polar surface area (TPSA) is 106 Å². The molecule has 0 saturated carbocycles. The summed E-state index contributed by atoms with van der Waals surface area (Å²) in [6.45, 7) is 1.08. The molecule has 1 unspecified atom stereocenters. The Kier molecular flexibility index (Phi) is 5.80. The summed E-state index contributed by atoms with van der Waals surface area (Å²) in [6, 6.07) is 11.5.